The van der Waals surface area contributed by atoms with Crippen LogP contribution in [0, 0.1) is 5.92 Å². The van der Waals surface area contributed by atoms with Crippen molar-refractivity contribution in [3.63, 3.8) is 0 Å². The molecule has 1 aliphatic heterocycles. The molecule has 2 N–H and O–H groups in total. The molecule has 1 fully saturated rings. The molecule has 7 nitrogen and oxygen atoms in total. The Morgan fingerprint density at radius 1 is 1.48 bits per heavy atom. The molecule has 0 saturated carbocycles. The Hall–Kier alpha value is -1.51. The number of methoxy groups -OCH3 is 1. The summed E-state index contributed by atoms with van der Waals surface area (Å²) in [5.74, 6) is -2.13. The van der Waals surface area contributed by atoms with Crippen LogP contribution in [0.25, 0.3) is 0 Å². The van der Waals surface area contributed by atoms with Crippen LogP contribution in [0.1, 0.15) is 33.2 Å². The van der Waals surface area contributed by atoms with Gasteiger partial charge in [-0.15, -0.1) is 11.3 Å². The van der Waals surface area contributed by atoms with Crippen molar-refractivity contribution in [1.29, 1.82) is 0 Å². The van der Waals surface area contributed by atoms with Crippen molar-refractivity contribution in [3.05, 3.63) is 15.6 Å². The minimum absolute atomic E-state index is 0.163. The Bertz CT molecular complexity index is 531. The van der Waals surface area contributed by atoms with E-state index in [-0.39, 0.29) is 17.4 Å². The van der Waals surface area contributed by atoms with Crippen LogP contribution in [0.15, 0.2) is 0 Å². The van der Waals surface area contributed by atoms with Crippen LogP contribution in [-0.2, 0) is 22.7 Å². The Balaban J connectivity index is 2.07. The zero-order chi connectivity index (χ0) is 15.4. The SMILES string of the molecule is COCc1nc(CN2CCCC(C(=O)O)C2)sc1C(=O)O. The van der Waals surface area contributed by atoms with Crippen molar-refractivity contribution >= 4 is 23.3 Å². The minimum atomic E-state index is -1.01. The quantitative estimate of drug-likeness (QED) is 0.816. The summed E-state index contributed by atoms with van der Waals surface area (Å²) in [4.78, 5) is 28.7. The smallest absolute Gasteiger partial charge is 0.347 e. The fraction of sp³-hybridized carbons (Fsp3) is 0.615. The van der Waals surface area contributed by atoms with Crippen molar-refractivity contribution in [3.8, 4) is 0 Å². The topological polar surface area (TPSA) is 100.0 Å². The van der Waals surface area contributed by atoms with Crippen LogP contribution in [-0.4, -0.2) is 52.2 Å². The molecule has 0 aliphatic carbocycles. The average Bonchev–Trinajstić information content (AvgIpc) is 2.82. The maximum Gasteiger partial charge on any atom is 0.347 e. The Morgan fingerprint density at radius 2 is 2.24 bits per heavy atom. The van der Waals surface area contributed by atoms with Gasteiger partial charge in [-0.1, -0.05) is 0 Å². The average molecular weight is 314 g/mol. The van der Waals surface area contributed by atoms with Gasteiger partial charge in [0, 0.05) is 13.7 Å². The summed E-state index contributed by atoms with van der Waals surface area (Å²) >= 11 is 1.13. The first kappa shape index (κ1) is 15.9. The number of likely N-dealkylation sites (tertiary alicyclic amines) is 1. The number of hydrogen-bond donors (Lipinski definition) is 2. The molecular weight excluding hydrogens is 296 g/mol. The zero-order valence-electron chi connectivity index (χ0n) is 11.7. The lowest BCUT2D eigenvalue weighted by Gasteiger charge is -2.29. The first-order valence-corrected chi connectivity index (χ1v) is 7.49. The lowest BCUT2D eigenvalue weighted by Crippen LogP contribution is -2.38. The summed E-state index contributed by atoms with van der Waals surface area (Å²) in [7, 11) is 1.49. The van der Waals surface area contributed by atoms with E-state index in [1.165, 1.54) is 7.11 Å². The summed E-state index contributed by atoms with van der Waals surface area (Å²) in [6.07, 6.45) is 1.53. The van der Waals surface area contributed by atoms with Gasteiger partial charge in [0.25, 0.3) is 0 Å². The fourth-order valence-corrected chi connectivity index (χ4v) is 3.41. The van der Waals surface area contributed by atoms with Crippen LogP contribution in [0.5, 0.6) is 0 Å². The number of nitrogens with zero attached hydrogens (tertiary/aromatic N) is 2. The van der Waals surface area contributed by atoms with Gasteiger partial charge in [0.2, 0.25) is 0 Å². The van der Waals surface area contributed by atoms with Crippen molar-refractivity contribution in [2.75, 3.05) is 20.2 Å². The van der Waals surface area contributed by atoms with Crippen molar-refractivity contribution < 1.29 is 24.5 Å². The van der Waals surface area contributed by atoms with Gasteiger partial charge >= 0.3 is 11.9 Å². The van der Waals surface area contributed by atoms with E-state index in [0.29, 0.717) is 30.2 Å². The number of rotatable bonds is 6. The highest BCUT2D eigenvalue weighted by Crippen LogP contribution is 2.24. The largest absolute Gasteiger partial charge is 0.481 e. The number of hydrogen-bond acceptors (Lipinski definition) is 6. The number of carboxylic acids is 2. The molecule has 0 bridgehead atoms. The predicted molar refractivity (Wildman–Crippen MR) is 75.4 cm³/mol. The molecule has 2 rings (SSSR count). The highest BCUT2D eigenvalue weighted by atomic mass is 32.1. The van der Waals surface area contributed by atoms with Gasteiger partial charge < -0.3 is 14.9 Å². The second kappa shape index (κ2) is 6.97. The summed E-state index contributed by atoms with van der Waals surface area (Å²) < 4.78 is 4.96. The van der Waals surface area contributed by atoms with Gasteiger partial charge in [-0.25, -0.2) is 9.78 Å². The molecule has 1 saturated heterocycles. The maximum absolute atomic E-state index is 11.2. The minimum Gasteiger partial charge on any atom is -0.481 e. The number of carbonyl (C=O) groups is 2. The second-order valence-electron chi connectivity index (χ2n) is 5.03. The molecule has 2 heterocycles. The van der Waals surface area contributed by atoms with Gasteiger partial charge in [0.15, 0.2) is 0 Å². The van der Waals surface area contributed by atoms with Gasteiger partial charge in [0.05, 0.1) is 24.8 Å². The molecule has 21 heavy (non-hydrogen) atoms. The standard InChI is InChI=1S/C13H18N2O5S/c1-20-7-9-11(13(18)19)21-10(14-9)6-15-4-2-3-8(5-15)12(16)17/h8H,2-7H2,1H3,(H,16,17)(H,18,19). The molecule has 8 heteroatoms. The summed E-state index contributed by atoms with van der Waals surface area (Å²) in [6, 6.07) is 0. The molecule has 0 amide bonds. The molecule has 1 aromatic heterocycles. The number of carboxylic acid groups (broad SMARTS) is 2. The summed E-state index contributed by atoms with van der Waals surface area (Å²) in [5, 5.41) is 18.9. The summed E-state index contributed by atoms with van der Waals surface area (Å²) in [5.41, 5.74) is 0.428. The van der Waals surface area contributed by atoms with Crippen molar-refractivity contribution in [1.82, 2.24) is 9.88 Å². The van der Waals surface area contributed by atoms with E-state index in [2.05, 4.69) is 4.98 Å². The van der Waals surface area contributed by atoms with E-state index < -0.39 is 11.9 Å². The predicted octanol–water partition coefficient (Wildman–Crippen LogP) is 1.28. The van der Waals surface area contributed by atoms with Crippen LogP contribution < -0.4 is 0 Å². The van der Waals surface area contributed by atoms with Crippen molar-refractivity contribution in [2.24, 2.45) is 5.92 Å². The third kappa shape index (κ3) is 3.99. The summed E-state index contributed by atoms with van der Waals surface area (Å²) in [6.45, 7) is 1.94. The fourth-order valence-electron chi connectivity index (χ4n) is 2.46. The lowest BCUT2D eigenvalue weighted by atomic mass is 9.98. The molecule has 0 spiro atoms. The number of thiazole rings is 1. The van der Waals surface area contributed by atoms with Crippen LogP contribution in [0.4, 0.5) is 0 Å². The van der Waals surface area contributed by atoms with Gasteiger partial charge in [0.1, 0.15) is 9.88 Å². The monoisotopic (exact) mass is 314 g/mol. The molecule has 116 valence electrons. The van der Waals surface area contributed by atoms with E-state index in [4.69, 9.17) is 14.9 Å². The second-order valence-corrected chi connectivity index (χ2v) is 6.12. The first-order chi connectivity index (χ1) is 10.0. The molecule has 1 atom stereocenters. The molecule has 1 aliphatic rings. The normalized spacial score (nSPS) is 19.6. The number of aliphatic carboxylic acids is 1. The number of aromatic carboxylic acids is 1. The lowest BCUT2D eigenvalue weighted by molar-refractivity contribution is -0.143. The maximum atomic E-state index is 11.2. The number of piperidine rings is 1. The Labute approximate surface area is 126 Å². The van der Waals surface area contributed by atoms with E-state index in [1.807, 2.05) is 4.90 Å². The molecule has 1 unspecified atom stereocenters. The van der Waals surface area contributed by atoms with E-state index in [1.54, 1.807) is 0 Å². The number of aromatic nitrogens is 1. The zero-order valence-corrected chi connectivity index (χ0v) is 12.6. The van der Waals surface area contributed by atoms with Gasteiger partial charge in [-0.2, -0.15) is 0 Å². The third-order valence-electron chi connectivity index (χ3n) is 3.43. The third-order valence-corrected chi connectivity index (χ3v) is 4.50. The van der Waals surface area contributed by atoms with Crippen LogP contribution in [0.3, 0.4) is 0 Å². The van der Waals surface area contributed by atoms with Crippen LogP contribution in [0.2, 0.25) is 0 Å². The number of ether oxygens (including phenoxy) is 1. The first-order valence-electron chi connectivity index (χ1n) is 6.67. The van der Waals surface area contributed by atoms with Gasteiger partial charge in [-0.05, 0) is 19.4 Å². The highest BCUT2D eigenvalue weighted by molar-refractivity contribution is 7.13. The van der Waals surface area contributed by atoms with Gasteiger partial charge in [-0.3, -0.25) is 9.69 Å². The van der Waals surface area contributed by atoms with Crippen LogP contribution >= 0.6 is 11.3 Å². The Kier molecular flexibility index (Phi) is 5.27. The molecular formula is C13H18N2O5S. The highest BCUT2D eigenvalue weighted by Gasteiger charge is 2.26. The molecule has 1 aromatic rings. The van der Waals surface area contributed by atoms with E-state index in [9.17, 15) is 9.59 Å². The van der Waals surface area contributed by atoms with Crippen molar-refractivity contribution in [2.45, 2.75) is 26.0 Å². The Morgan fingerprint density at radius 3 is 2.86 bits per heavy atom. The van der Waals surface area contributed by atoms with E-state index >= 15 is 0 Å². The molecule has 0 radical (unpaired) electrons. The molecule has 0 aromatic carbocycles. The van der Waals surface area contributed by atoms with E-state index in [0.717, 1.165) is 24.3 Å².